The van der Waals surface area contributed by atoms with Crippen LogP contribution < -0.4 is 10.6 Å². The van der Waals surface area contributed by atoms with E-state index in [1.807, 2.05) is 13.8 Å². The van der Waals surface area contributed by atoms with Crippen molar-refractivity contribution in [3.05, 3.63) is 24.0 Å². The van der Waals surface area contributed by atoms with Crippen LogP contribution in [0.15, 0.2) is 18.2 Å². The van der Waals surface area contributed by atoms with Crippen molar-refractivity contribution in [2.24, 2.45) is 5.92 Å². The third kappa shape index (κ3) is 4.22. The normalized spacial score (nSPS) is 19.8. The molecule has 1 aliphatic heterocycles. The van der Waals surface area contributed by atoms with Gasteiger partial charge in [-0.2, -0.15) is 0 Å². The number of nitrogens with one attached hydrogen (secondary N) is 2. The molecule has 1 saturated carbocycles. The summed E-state index contributed by atoms with van der Waals surface area (Å²) in [6.45, 7) is 6.04. The van der Waals surface area contributed by atoms with Gasteiger partial charge in [-0.15, -0.1) is 0 Å². The maximum atomic E-state index is 13.5. The summed E-state index contributed by atoms with van der Waals surface area (Å²) in [5.41, 5.74) is 1.30. The molecule has 1 aromatic rings. The lowest BCUT2D eigenvalue weighted by molar-refractivity contribution is -0.121. The highest BCUT2D eigenvalue weighted by Crippen LogP contribution is 2.31. The van der Waals surface area contributed by atoms with Crippen molar-refractivity contribution in [1.82, 2.24) is 4.90 Å². The minimum absolute atomic E-state index is 0.0119. The minimum Gasteiger partial charge on any atom is -0.381 e. The molecule has 2 aliphatic rings. The van der Waals surface area contributed by atoms with Crippen LogP contribution in [0.25, 0.3) is 0 Å². The van der Waals surface area contributed by atoms with Gasteiger partial charge < -0.3 is 15.5 Å². The predicted octanol–water partition coefficient (Wildman–Crippen LogP) is 3.46. The predicted molar refractivity (Wildman–Crippen MR) is 91.1 cm³/mol. The van der Waals surface area contributed by atoms with Crippen LogP contribution in [-0.4, -0.2) is 36.0 Å². The number of carbonyl (C=O) groups excluding carboxylic acids is 1. The summed E-state index contributed by atoms with van der Waals surface area (Å²) < 4.78 is 13.5. The van der Waals surface area contributed by atoms with Crippen molar-refractivity contribution in [2.75, 3.05) is 23.7 Å². The summed E-state index contributed by atoms with van der Waals surface area (Å²) in [5, 5.41) is 6.18. The van der Waals surface area contributed by atoms with Gasteiger partial charge in [-0.3, -0.25) is 4.79 Å². The van der Waals surface area contributed by atoms with Crippen LogP contribution >= 0.6 is 0 Å². The Kier molecular flexibility index (Phi) is 4.85. The van der Waals surface area contributed by atoms with Crippen molar-refractivity contribution in [3.63, 3.8) is 0 Å². The number of halogens is 1. The molecule has 1 aromatic carbocycles. The van der Waals surface area contributed by atoms with Gasteiger partial charge in [-0.1, -0.05) is 0 Å². The molecular weight excluding hydrogens is 293 g/mol. The second-order valence-corrected chi connectivity index (χ2v) is 7.02. The fraction of sp³-hybridized carbons (Fsp3) is 0.611. The summed E-state index contributed by atoms with van der Waals surface area (Å²) >= 11 is 0. The second-order valence-electron chi connectivity index (χ2n) is 7.02. The first kappa shape index (κ1) is 16.2. The molecule has 1 heterocycles. The molecule has 0 bridgehead atoms. The Hall–Kier alpha value is -1.62. The van der Waals surface area contributed by atoms with Crippen LogP contribution in [0.1, 0.15) is 39.5 Å². The van der Waals surface area contributed by atoms with Gasteiger partial charge in [0.2, 0.25) is 5.91 Å². The van der Waals surface area contributed by atoms with E-state index in [9.17, 15) is 9.18 Å². The molecule has 0 atom stereocenters. The Labute approximate surface area is 137 Å². The molecule has 3 rings (SSSR count). The number of piperidine rings is 1. The molecular formula is C18H26FN3O. The number of hydrogen-bond donors (Lipinski definition) is 2. The summed E-state index contributed by atoms with van der Waals surface area (Å²) in [6.07, 6.45) is 4.41. The van der Waals surface area contributed by atoms with E-state index in [1.54, 1.807) is 6.07 Å². The quantitative estimate of drug-likeness (QED) is 0.873. The zero-order valence-corrected chi connectivity index (χ0v) is 13.9. The van der Waals surface area contributed by atoms with E-state index in [0.717, 1.165) is 37.7 Å². The van der Waals surface area contributed by atoms with E-state index in [2.05, 4.69) is 15.5 Å². The van der Waals surface area contributed by atoms with Crippen LogP contribution in [0.2, 0.25) is 0 Å². The molecule has 0 spiro atoms. The average Bonchev–Trinajstić information content (AvgIpc) is 3.34. The largest absolute Gasteiger partial charge is 0.381 e. The monoisotopic (exact) mass is 319 g/mol. The second kappa shape index (κ2) is 6.87. The zero-order chi connectivity index (χ0) is 16.4. The third-order valence-electron chi connectivity index (χ3n) is 4.65. The number of amides is 1. The third-order valence-corrected chi connectivity index (χ3v) is 4.65. The molecule has 1 aliphatic carbocycles. The number of benzene rings is 1. The Morgan fingerprint density at radius 2 is 1.87 bits per heavy atom. The highest BCUT2D eigenvalue weighted by molar-refractivity contribution is 5.95. The lowest BCUT2D eigenvalue weighted by Crippen LogP contribution is -2.39. The molecule has 5 heteroatoms. The van der Waals surface area contributed by atoms with Gasteiger partial charge in [-0.25, -0.2) is 4.39 Å². The molecule has 0 radical (unpaired) electrons. The summed E-state index contributed by atoms with van der Waals surface area (Å²) in [4.78, 5) is 15.0. The maximum Gasteiger partial charge on any atom is 0.227 e. The van der Waals surface area contributed by atoms with Gasteiger partial charge in [-0.05, 0) is 70.8 Å². The summed E-state index contributed by atoms with van der Waals surface area (Å²) in [7, 11) is 0. The van der Waals surface area contributed by atoms with Crippen LogP contribution in [0, 0.1) is 11.7 Å². The molecule has 0 unspecified atom stereocenters. The lowest BCUT2D eigenvalue weighted by Gasteiger charge is -2.31. The SMILES string of the molecule is CC(C)Nc1ccc(F)cc1NC(=O)C1CCN(C2CC2)CC1. The van der Waals surface area contributed by atoms with Crippen LogP contribution in [0.3, 0.4) is 0 Å². The van der Waals surface area contributed by atoms with Gasteiger partial charge in [0.1, 0.15) is 5.82 Å². The van der Waals surface area contributed by atoms with Crippen LogP contribution in [0.4, 0.5) is 15.8 Å². The van der Waals surface area contributed by atoms with Crippen LogP contribution in [0.5, 0.6) is 0 Å². The highest BCUT2D eigenvalue weighted by Gasteiger charge is 2.33. The van der Waals surface area contributed by atoms with E-state index in [0.29, 0.717) is 5.69 Å². The fourth-order valence-corrected chi connectivity index (χ4v) is 3.26. The number of nitrogens with zero attached hydrogens (tertiary/aromatic N) is 1. The Morgan fingerprint density at radius 1 is 1.17 bits per heavy atom. The van der Waals surface area contributed by atoms with E-state index in [1.165, 1.54) is 25.0 Å². The van der Waals surface area contributed by atoms with Crippen molar-refractivity contribution in [3.8, 4) is 0 Å². The van der Waals surface area contributed by atoms with Gasteiger partial charge in [0.05, 0.1) is 11.4 Å². The molecule has 1 amide bonds. The smallest absolute Gasteiger partial charge is 0.227 e. The first-order valence-electron chi connectivity index (χ1n) is 8.64. The molecule has 2 fully saturated rings. The van der Waals surface area contributed by atoms with Crippen molar-refractivity contribution < 1.29 is 9.18 Å². The van der Waals surface area contributed by atoms with E-state index in [-0.39, 0.29) is 23.7 Å². The number of hydrogen-bond acceptors (Lipinski definition) is 3. The number of likely N-dealkylation sites (tertiary alicyclic amines) is 1. The van der Waals surface area contributed by atoms with Crippen LogP contribution in [-0.2, 0) is 4.79 Å². The Morgan fingerprint density at radius 3 is 2.48 bits per heavy atom. The number of carbonyl (C=O) groups is 1. The lowest BCUT2D eigenvalue weighted by atomic mass is 9.95. The maximum absolute atomic E-state index is 13.5. The summed E-state index contributed by atoms with van der Waals surface area (Å²) in [6, 6.07) is 5.47. The molecule has 1 saturated heterocycles. The Bertz CT molecular complexity index is 563. The van der Waals surface area contributed by atoms with E-state index < -0.39 is 0 Å². The average molecular weight is 319 g/mol. The van der Waals surface area contributed by atoms with Crippen molar-refractivity contribution >= 4 is 17.3 Å². The number of rotatable bonds is 5. The topological polar surface area (TPSA) is 44.4 Å². The van der Waals surface area contributed by atoms with Gasteiger partial charge in [0.15, 0.2) is 0 Å². The molecule has 0 aromatic heterocycles. The van der Waals surface area contributed by atoms with Gasteiger partial charge in [0.25, 0.3) is 0 Å². The Balaban J connectivity index is 1.62. The minimum atomic E-state index is -0.335. The van der Waals surface area contributed by atoms with E-state index in [4.69, 9.17) is 0 Å². The molecule has 126 valence electrons. The molecule has 23 heavy (non-hydrogen) atoms. The fourth-order valence-electron chi connectivity index (χ4n) is 3.26. The summed E-state index contributed by atoms with van der Waals surface area (Å²) in [5.74, 6) is -0.295. The first-order valence-corrected chi connectivity index (χ1v) is 8.64. The standard InChI is InChI=1S/C18H26FN3O/c1-12(2)20-16-6-3-14(19)11-17(16)21-18(23)13-7-9-22(10-8-13)15-4-5-15/h3,6,11-13,15,20H,4-5,7-10H2,1-2H3,(H,21,23). The zero-order valence-electron chi connectivity index (χ0n) is 13.9. The first-order chi connectivity index (χ1) is 11.0. The molecule has 4 nitrogen and oxygen atoms in total. The van der Waals surface area contributed by atoms with Gasteiger partial charge >= 0.3 is 0 Å². The van der Waals surface area contributed by atoms with Gasteiger partial charge in [0, 0.05) is 18.0 Å². The van der Waals surface area contributed by atoms with Crippen molar-refractivity contribution in [2.45, 2.75) is 51.6 Å². The molecule has 2 N–H and O–H groups in total. The highest BCUT2D eigenvalue weighted by atomic mass is 19.1. The van der Waals surface area contributed by atoms with Crippen molar-refractivity contribution in [1.29, 1.82) is 0 Å². The number of anilines is 2. The van der Waals surface area contributed by atoms with E-state index >= 15 is 0 Å².